The number of hydrogen-bond donors (Lipinski definition) is 1. The largest absolute Gasteiger partial charge is 0.505 e. The van der Waals surface area contributed by atoms with E-state index in [1.165, 1.54) is 0 Å². The zero-order chi connectivity index (χ0) is 28.1. The second kappa shape index (κ2) is 12.3. The molecule has 1 aliphatic rings. The molecule has 3 aromatic rings. The fourth-order valence-corrected chi connectivity index (χ4v) is 5.07. The second-order valence-electron chi connectivity index (χ2n) is 9.48. The van der Waals surface area contributed by atoms with Gasteiger partial charge in [0, 0.05) is 19.3 Å². The number of benzene rings is 1. The number of ketones is 1. The number of nitrogens with zero attached hydrogens (tertiary/aromatic N) is 4. The summed E-state index contributed by atoms with van der Waals surface area (Å²) >= 11 is 0. The summed E-state index contributed by atoms with van der Waals surface area (Å²) in [6.45, 7) is 13.4. The summed E-state index contributed by atoms with van der Waals surface area (Å²) in [6.07, 6.45) is 2.63. The molecule has 1 fully saturated rings. The van der Waals surface area contributed by atoms with Gasteiger partial charge in [-0.3, -0.25) is 14.0 Å². The molecule has 2 aromatic heterocycles. The Morgan fingerprint density at radius 3 is 2.51 bits per heavy atom. The summed E-state index contributed by atoms with van der Waals surface area (Å²) in [7, 11) is 0. The number of likely N-dealkylation sites (tertiary alicyclic amines) is 1. The molecule has 0 spiro atoms. The van der Waals surface area contributed by atoms with Crippen molar-refractivity contribution in [1.29, 1.82) is 0 Å². The number of carbonyl (C=O) groups is 2. The number of rotatable bonds is 12. The highest BCUT2D eigenvalue weighted by Crippen LogP contribution is 2.42. The summed E-state index contributed by atoms with van der Waals surface area (Å²) < 4.78 is 13.5. The van der Waals surface area contributed by atoms with Crippen molar-refractivity contribution in [3.8, 4) is 11.5 Å². The van der Waals surface area contributed by atoms with Crippen LogP contribution in [0, 0.1) is 6.92 Å². The van der Waals surface area contributed by atoms with Crippen LogP contribution in [-0.2, 0) is 9.59 Å². The number of hydrogen-bond acceptors (Lipinski definition) is 7. The topological polar surface area (TPSA) is 96.6 Å². The normalized spacial score (nSPS) is 17.0. The maximum absolute atomic E-state index is 13.6. The lowest BCUT2D eigenvalue weighted by molar-refractivity contribution is -0.140. The van der Waals surface area contributed by atoms with E-state index in [9.17, 15) is 14.7 Å². The number of fused-ring (bicyclic) bond motifs is 1. The number of aliphatic hydroxyl groups excluding tert-OH is 1. The van der Waals surface area contributed by atoms with Crippen LogP contribution in [0.2, 0.25) is 0 Å². The number of Topliss-reactive ketones (excluding diaryl/α,β-unsaturated/α-hetero) is 1. The van der Waals surface area contributed by atoms with Crippen molar-refractivity contribution in [2.24, 2.45) is 0 Å². The van der Waals surface area contributed by atoms with E-state index in [0.29, 0.717) is 60.4 Å². The molecule has 1 atom stereocenters. The van der Waals surface area contributed by atoms with Gasteiger partial charge in [0.25, 0.3) is 11.7 Å². The van der Waals surface area contributed by atoms with Crippen LogP contribution in [0.1, 0.15) is 57.1 Å². The number of aliphatic hydroxyl groups is 1. The van der Waals surface area contributed by atoms with Gasteiger partial charge in [-0.05, 0) is 63.2 Å². The third-order valence-electron chi connectivity index (χ3n) is 7.07. The van der Waals surface area contributed by atoms with Crippen molar-refractivity contribution in [3.63, 3.8) is 0 Å². The standard InChI is InChI=1S/C30H38N4O5/c1-6-18-39-22-14-13-21(19-23(22)38-9-4)27-25(29(36)30(37)34(27)17-16-32(7-2)8-3)28(35)26-20(5)31-24-12-10-11-15-33(24)26/h10-15,19,27,35H,6-9,16-18H2,1-5H3. The summed E-state index contributed by atoms with van der Waals surface area (Å²) in [5, 5.41) is 11.7. The Hall–Kier alpha value is -3.85. The monoisotopic (exact) mass is 534 g/mol. The first kappa shape index (κ1) is 28.2. The highest BCUT2D eigenvalue weighted by Gasteiger charge is 2.46. The molecule has 9 heteroatoms. The Labute approximate surface area is 229 Å². The summed E-state index contributed by atoms with van der Waals surface area (Å²) in [6, 6.07) is 10.2. The van der Waals surface area contributed by atoms with E-state index in [1.54, 1.807) is 28.5 Å². The van der Waals surface area contributed by atoms with Crippen molar-refractivity contribution < 1.29 is 24.2 Å². The number of amides is 1. The Balaban J connectivity index is 1.89. The van der Waals surface area contributed by atoms with Gasteiger partial charge in [0.2, 0.25) is 0 Å². The molecule has 1 aliphatic heterocycles. The zero-order valence-corrected chi connectivity index (χ0v) is 23.4. The lowest BCUT2D eigenvalue weighted by Gasteiger charge is -2.28. The second-order valence-corrected chi connectivity index (χ2v) is 9.48. The lowest BCUT2D eigenvalue weighted by atomic mass is 9.96. The van der Waals surface area contributed by atoms with Crippen LogP contribution >= 0.6 is 0 Å². The first-order valence-electron chi connectivity index (χ1n) is 13.7. The minimum Gasteiger partial charge on any atom is -0.505 e. The number of pyridine rings is 1. The van der Waals surface area contributed by atoms with E-state index in [-0.39, 0.29) is 11.3 Å². The van der Waals surface area contributed by atoms with E-state index in [1.807, 2.05) is 44.2 Å². The molecular weight excluding hydrogens is 496 g/mol. The summed E-state index contributed by atoms with van der Waals surface area (Å²) in [5.41, 5.74) is 2.29. The highest BCUT2D eigenvalue weighted by atomic mass is 16.5. The van der Waals surface area contributed by atoms with E-state index in [4.69, 9.17) is 9.47 Å². The highest BCUT2D eigenvalue weighted by molar-refractivity contribution is 6.46. The first-order valence-corrected chi connectivity index (χ1v) is 13.7. The molecule has 0 aliphatic carbocycles. The van der Waals surface area contributed by atoms with Gasteiger partial charge >= 0.3 is 0 Å². The van der Waals surface area contributed by atoms with E-state index in [0.717, 1.165) is 19.5 Å². The molecule has 0 saturated carbocycles. The number of ether oxygens (including phenoxy) is 2. The smallest absolute Gasteiger partial charge is 0.295 e. The number of imidazole rings is 1. The van der Waals surface area contributed by atoms with E-state index in [2.05, 4.69) is 23.7 Å². The average Bonchev–Trinajstić information content (AvgIpc) is 3.41. The van der Waals surface area contributed by atoms with Crippen LogP contribution in [0.5, 0.6) is 11.5 Å². The van der Waals surface area contributed by atoms with Crippen LogP contribution in [0.4, 0.5) is 0 Å². The van der Waals surface area contributed by atoms with Crippen molar-refractivity contribution in [2.45, 2.75) is 47.1 Å². The van der Waals surface area contributed by atoms with Gasteiger partial charge in [0.15, 0.2) is 17.3 Å². The predicted molar refractivity (Wildman–Crippen MR) is 150 cm³/mol. The Morgan fingerprint density at radius 1 is 1.05 bits per heavy atom. The van der Waals surface area contributed by atoms with Crippen LogP contribution in [0.3, 0.4) is 0 Å². The maximum Gasteiger partial charge on any atom is 0.295 e. The number of aryl methyl sites for hydroxylation is 1. The average molecular weight is 535 g/mol. The van der Waals surface area contributed by atoms with Crippen molar-refractivity contribution >= 4 is 23.1 Å². The van der Waals surface area contributed by atoms with Crippen LogP contribution in [0.15, 0.2) is 48.2 Å². The van der Waals surface area contributed by atoms with Gasteiger partial charge in [0.05, 0.1) is 30.5 Å². The molecular formula is C30H38N4O5. The number of carbonyl (C=O) groups excluding carboxylic acids is 2. The molecule has 9 nitrogen and oxygen atoms in total. The number of likely N-dealkylation sites (N-methyl/N-ethyl adjacent to an activating group) is 1. The van der Waals surface area contributed by atoms with Crippen LogP contribution in [-0.4, -0.2) is 75.4 Å². The molecule has 1 saturated heterocycles. The summed E-state index contributed by atoms with van der Waals surface area (Å²) in [4.78, 5) is 35.3. The van der Waals surface area contributed by atoms with Crippen molar-refractivity contribution in [1.82, 2.24) is 19.2 Å². The minimum absolute atomic E-state index is 0.0398. The lowest BCUT2D eigenvalue weighted by Crippen LogP contribution is -2.38. The van der Waals surface area contributed by atoms with E-state index < -0.39 is 17.7 Å². The third kappa shape index (κ3) is 5.49. The fraction of sp³-hybridized carbons (Fsp3) is 0.433. The number of aromatic nitrogens is 2. The first-order chi connectivity index (χ1) is 18.9. The van der Waals surface area contributed by atoms with Gasteiger partial charge in [0.1, 0.15) is 11.3 Å². The van der Waals surface area contributed by atoms with Gasteiger partial charge in [-0.25, -0.2) is 4.98 Å². The fourth-order valence-electron chi connectivity index (χ4n) is 5.07. The molecule has 39 heavy (non-hydrogen) atoms. The van der Waals surface area contributed by atoms with Crippen molar-refractivity contribution in [3.05, 3.63) is 65.1 Å². The molecule has 1 amide bonds. The molecule has 1 N–H and O–H groups in total. The van der Waals surface area contributed by atoms with Gasteiger partial charge in [-0.1, -0.05) is 32.9 Å². The molecule has 4 rings (SSSR count). The van der Waals surface area contributed by atoms with Gasteiger partial charge in [-0.2, -0.15) is 0 Å². The molecule has 208 valence electrons. The quantitative estimate of drug-likeness (QED) is 0.206. The molecule has 0 bridgehead atoms. The Morgan fingerprint density at radius 2 is 1.82 bits per heavy atom. The van der Waals surface area contributed by atoms with Gasteiger partial charge in [-0.15, -0.1) is 0 Å². The van der Waals surface area contributed by atoms with E-state index >= 15 is 0 Å². The Bertz CT molecular complexity index is 1370. The molecule has 3 heterocycles. The van der Waals surface area contributed by atoms with Crippen LogP contribution < -0.4 is 9.47 Å². The summed E-state index contributed by atoms with van der Waals surface area (Å²) in [5.74, 6) is -0.468. The SMILES string of the molecule is CCCOc1ccc(C2C(=C(O)c3c(C)nc4ccccn34)C(=O)C(=O)N2CCN(CC)CC)cc1OCC. The third-order valence-corrected chi connectivity index (χ3v) is 7.07. The Kier molecular flexibility index (Phi) is 8.91. The molecule has 0 radical (unpaired) electrons. The maximum atomic E-state index is 13.6. The minimum atomic E-state index is -0.798. The van der Waals surface area contributed by atoms with Crippen molar-refractivity contribution in [2.75, 3.05) is 39.4 Å². The van der Waals surface area contributed by atoms with Crippen LogP contribution in [0.25, 0.3) is 11.4 Å². The predicted octanol–water partition coefficient (Wildman–Crippen LogP) is 4.59. The van der Waals surface area contributed by atoms with Gasteiger partial charge < -0.3 is 24.4 Å². The molecule has 1 aromatic carbocycles. The molecule has 1 unspecified atom stereocenters. The zero-order valence-electron chi connectivity index (χ0n) is 23.4.